The number of benzene rings is 1. The molecule has 3 amide bonds. The minimum atomic E-state index is -0.406. The van der Waals surface area contributed by atoms with Gasteiger partial charge in [-0.1, -0.05) is 24.3 Å². The summed E-state index contributed by atoms with van der Waals surface area (Å²) in [6, 6.07) is 13.1. The van der Waals surface area contributed by atoms with Crippen LogP contribution in [0.3, 0.4) is 0 Å². The number of fused-ring (bicyclic) bond motifs is 1. The highest BCUT2D eigenvalue weighted by Crippen LogP contribution is 2.26. The van der Waals surface area contributed by atoms with E-state index < -0.39 is 5.91 Å². The number of hydrogen-bond acceptors (Lipinski definition) is 8. The molecule has 172 valence electrons. The number of carbonyl (C=O) groups is 3. The van der Waals surface area contributed by atoms with Gasteiger partial charge in [0.2, 0.25) is 5.95 Å². The number of amides is 3. The van der Waals surface area contributed by atoms with Crippen molar-refractivity contribution in [2.45, 2.75) is 12.8 Å². The second-order valence-corrected chi connectivity index (χ2v) is 9.18. The number of rotatable bonds is 5. The zero-order valence-electron chi connectivity index (χ0n) is 18.2. The number of nitrogens with zero attached hydrogens (tertiary/aromatic N) is 4. The summed E-state index contributed by atoms with van der Waals surface area (Å²) in [6.45, 7) is 2.12. The van der Waals surface area contributed by atoms with Gasteiger partial charge in [-0.2, -0.15) is 0 Å². The first-order valence-corrected chi connectivity index (χ1v) is 11.8. The van der Waals surface area contributed by atoms with Crippen LogP contribution < -0.4 is 15.5 Å². The predicted molar refractivity (Wildman–Crippen MR) is 130 cm³/mol. The topological polar surface area (TPSA) is 117 Å². The summed E-state index contributed by atoms with van der Waals surface area (Å²) in [5.74, 6) is 0.379. The number of aromatic nitrogens is 3. The normalized spacial score (nSPS) is 17.9. The molecule has 2 aromatic heterocycles. The third-order valence-corrected chi connectivity index (χ3v) is 6.68. The fourth-order valence-electron chi connectivity index (χ4n) is 4.01. The lowest BCUT2D eigenvalue weighted by Crippen LogP contribution is -2.39. The first kappa shape index (κ1) is 22.0. The average Bonchev–Trinajstić information content (AvgIpc) is 3.18. The van der Waals surface area contributed by atoms with E-state index in [0.29, 0.717) is 34.7 Å². The molecule has 2 aliphatic rings. The molecule has 0 aliphatic carbocycles. The van der Waals surface area contributed by atoms with E-state index >= 15 is 0 Å². The van der Waals surface area contributed by atoms with Gasteiger partial charge >= 0.3 is 0 Å². The quantitative estimate of drug-likeness (QED) is 0.542. The molecule has 5 rings (SSSR count). The maximum atomic E-state index is 12.6. The number of anilines is 1. The second-order valence-electron chi connectivity index (χ2n) is 8.16. The third kappa shape index (κ3) is 4.91. The number of para-hydroxylation sites is 1. The van der Waals surface area contributed by atoms with Crippen molar-refractivity contribution in [3.63, 3.8) is 0 Å². The van der Waals surface area contributed by atoms with E-state index in [4.69, 9.17) is 0 Å². The second kappa shape index (κ2) is 9.60. The van der Waals surface area contributed by atoms with Crippen LogP contribution in [0.15, 0.2) is 53.6 Å². The minimum Gasteiger partial charge on any atom is -0.350 e. The Morgan fingerprint density at radius 2 is 1.94 bits per heavy atom. The number of carbonyl (C=O) groups excluding carboxylic acids is 3. The standard InChI is InChI=1S/C24H22N6O3S/c31-21(19-6-5-16-3-1-2-4-18(16)28-19)26-14-15-8-11-30(12-9-15)23-25-10-7-17(27-23)13-20-22(32)29-24(33)34-20/h1-7,10,13,15H,8-9,11-12,14H2,(H,26,31)(H,29,32,33)/b20-13+. The van der Waals surface area contributed by atoms with E-state index in [1.165, 1.54) is 0 Å². The van der Waals surface area contributed by atoms with Gasteiger partial charge in [0.1, 0.15) is 5.69 Å². The molecule has 10 heteroatoms. The van der Waals surface area contributed by atoms with Crippen LogP contribution in [0.25, 0.3) is 17.0 Å². The number of pyridine rings is 1. The van der Waals surface area contributed by atoms with Crippen molar-refractivity contribution in [2.75, 3.05) is 24.5 Å². The predicted octanol–water partition coefficient (Wildman–Crippen LogP) is 3.00. The zero-order chi connectivity index (χ0) is 23.5. The van der Waals surface area contributed by atoms with Crippen LogP contribution in [0.1, 0.15) is 29.0 Å². The molecule has 0 atom stereocenters. The Labute approximate surface area is 200 Å². The van der Waals surface area contributed by atoms with E-state index in [1.54, 1.807) is 24.4 Å². The van der Waals surface area contributed by atoms with Crippen molar-refractivity contribution in [3.05, 3.63) is 65.0 Å². The number of nitrogens with one attached hydrogen (secondary N) is 2. The fourth-order valence-corrected chi connectivity index (χ4v) is 4.67. The molecule has 2 N–H and O–H groups in total. The fraction of sp³-hybridized carbons (Fsp3) is 0.250. The lowest BCUT2D eigenvalue weighted by atomic mass is 9.97. The Hall–Kier alpha value is -3.79. The number of hydrogen-bond donors (Lipinski definition) is 2. The van der Waals surface area contributed by atoms with Crippen LogP contribution in [0.4, 0.5) is 10.7 Å². The third-order valence-electron chi connectivity index (χ3n) is 5.87. The highest BCUT2D eigenvalue weighted by Gasteiger charge is 2.26. The smallest absolute Gasteiger partial charge is 0.290 e. The van der Waals surface area contributed by atoms with Gasteiger partial charge in [-0.3, -0.25) is 19.7 Å². The Balaban J connectivity index is 1.15. The van der Waals surface area contributed by atoms with Crippen molar-refractivity contribution in [1.82, 2.24) is 25.6 Å². The molecule has 3 aromatic rings. The average molecular weight is 475 g/mol. The zero-order valence-corrected chi connectivity index (χ0v) is 19.0. The molecule has 9 nitrogen and oxygen atoms in total. The van der Waals surface area contributed by atoms with E-state index in [9.17, 15) is 14.4 Å². The van der Waals surface area contributed by atoms with Crippen molar-refractivity contribution in [1.29, 1.82) is 0 Å². The monoisotopic (exact) mass is 474 g/mol. The van der Waals surface area contributed by atoms with Gasteiger partial charge < -0.3 is 10.2 Å². The molecule has 34 heavy (non-hydrogen) atoms. The first-order valence-electron chi connectivity index (χ1n) is 11.0. The van der Waals surface area contributed by atoms with Gasteiger partial charge in [0.05, 0.1) is 16.1 Å². The molecule has 0 bridgehead atoms. The molecule has 0 unspecified atom stereocenters. The SMILES string of the molecule is O=C1NC(=O)/C(=C\c2ccnc(N3CCC(CNC(=O)c4ccc5ccccc5n4)CC3)n2)S1. The molecule has 1 aromatic carbocycles. The van der Waals surface area contributed by atoms with E-state index in [2.05, 4.69) is 30.5 Å². The van der Waals surface area contributed by atoms with Crippen LogP contribution in [-0.4, -0.2) is 51.6 Å². The van der Waals surface area contributed by atoms with Crippen molar-refractivity contribution < 1.29 is 14.4 Å². The van der Waals surface area contributed by atoms with Gasteiger partial charge in [0.15, 0.2) is 0 Å². The summed E-state index contributed by atoms with van der Waals surface area (Å²) < 4.78 is 0. The maximum absolute atomic E-state index is 12.6. The van der Waals surface area contributed by atoms with Gasteiger partial charge in [-0.15, -0.1) is 0 Å². The molecular formula is C24H22N6O3S. The van der Waals surface area contributed by atoms with Crippen molar-refractivity contribution >= 4 is 51.7 Å². The summed E-state index contributed by atoms with van der Waals surface area (Å²) in [6.07, 6.45) is 5.04. The molecule has 0 radical (unpaired) electrons. The number of imide groups is 1. The molecule has 0 saturated carbocycles. The van der Waals surface area contributed by atoms with Gasteiger partial charge in [-0.25, -0.2) is 15.0 Å². The molecule has 2 fully saturated rings. The maximum Gasteiger partial charge on any atom is 0.290 e. The van der Waals surface area contributed by atoms with Gasteiger partial charge in [0.25, 0.3) is 17.1 Å². The molecule has 2 saturated heterocycles. The van der Waals surface area contributed by atoms with Gasteiger partial charge in [-0.05, 0) is 54.8 Å². The Bertz CT molecular complexity index is 1300. The minimum absolute atomic E-state index is 0.162. The van der Waals surface area contributed by atoms with Crippen LogP contribution in [0.5, 0.6) is 0 Å². The van der Waals surface area contributed by atoms with Crippen LogP contribution >= 0.6 is 11.8 Å². The molecule has 0 spiro atoms. The summed E-state index contributed by atoms with van der Waals surface area (Å²) >= 11 is 0.865. The molecule has 4 heterocycles. The summed E-state index contributed by atoms with van der Waals surface area (Å²) in [5.41, 5.74) is 1.81. The largest absolute Gasteiger partial charge is 0.350 e. The lowest BCUT2D eigenvalue weighted by molar-refractivity contribution is -0.115. The van der Waals surface area contributed by atoms with Crippen molar-refractivity contribution in [3.8, 4) is 0 Å². The van der Waals surface area contributed by atoms with Crippen LogP contribution in [0.2, 0.25) is 0 Å². The Morgan fingerprint density at radius 1 is 1.12 bits per heavy atom. The summed E-state index contributed by atoms with van der Waals surface area (Å²) in [7, 11) is 0. The highest BCUT2D eigenvalue weighted by atomic mass is 32.2. The number of thioether (sulfide) groups is 1. The van der Waals surface area contributed by atoms with Crippen LogP contribution in [0, 0.1) is 5.92 Å². The van der Waals surface area contributed by atoms with E-state index in [-0.39, 0.29) is 11.1 Å². The first-order chi connectivity index (χ1) is 16.5. The van der Waals surface area contributed by atoms with Crippen LogP contribution in [-0.2, 0) is 4.79 Å². The van der Waals surface area contributed by atoms with Crippen molar-refractivity contribution in [2.24, 2.45) is 5.92 Å². The summed E-state index contributed by atoms with van der Waals surface area (Å²) in [4.78, 5) is 51.5. The molecular weight excluding hydrogens is 452 g/mol. The number of piperidine rings is 1. The summed E-state index contributed by atoms with van der Waals surface area (Å²) in [5, 5.41) is 5.88. The Morgan fingerprint density at radius 3 is 2.74 bits per heavy atom. The van der Waals surface area contributed by atoms with E-state index in [0.717, 1.165) is 48.6 Å². The van der Waals surface area contributed by atoms with E-state index in [1.807, 2.05) is 30.3 Å². The highest BCUT2D eigenvalue weighted by molar-refractivity contribution is 8.18. The lowest BCUT2D eigenvalue weighted by Gasteiger charge is -2.32. The molecule has 2 aliphatic heterocycles. The van der Waals surface area contributed by atoms with Gasteiger partial charge in [0, 0.05) is 31.2 Å². The Kier molecular flexibility index (Phi) is 6.22.